The SMILES string of the molecule is CC(SS)C(=O)OCC(CO)(CO)CO. The normalized spacial score (nSPS) is 13.7. The molecular weight excluding hydrogens is 240 g/mol. The molecule has 0 fully saturated rings. The maximum atomic E-state index is 11.2. The number of hydrogen-bond acceptors (Lipinski definition) is 7. The summed E-state index contributed by atoms with van der Waals surface area (Å²) in [5, 5.41) is 26.4. The highest BCUT2D eigenvalue weighted by Gasteiger charge is 2.30. The molecule has 0 bridgehead atoms. The lowest BCUT2D eigenvalue weighted by atomic mass is 9.93. The van der Waals surface area contributed by atoms with Gasteiger partial charge in [0.05, 0.1) is 25.2 Å². The summed E-state index contributed by atoms with van der Waals surface area (Å²) in [7, 11) is 1.04. The van der Waals surface area contributed by atoms with Crippen molar-refractivity contribution in [3.05, 3.63) is 0 Å². The lowest BCUT2D eigenvalue weighted by Crippen LogP contribution is -2.40. The van der Waals surface area contributed by atoms with Crippen molar-refractivity contribution in [2.24, 2.45) is 5.41 Å². The Kier molecular flexibility index (Phi) is 7.37. The van der Waals surface area contributed by atoms with E-state index in [0.29, 0.717) is 0 Å². The van der Waals surface area contributed by atoms with Crippen LogP contribution in [0.4, 0.5) is 0 Å². The topological polar surface area (TPSA) is 87.0 Å². The van der Waals surface area contributed by atoms with Gasteiger partial charge in [0.25, 0.3) is 0 Å². The molecule has 0 saturated heterocycles. The number of rotatable bonds is 7. The molecule has 5 nitrogen and oxygen atoms in total. The summed E-state index contributed by atoms with van der Waals surface area (Å²) in [5.74, 6) is -0.491. The number of hydrogen-bond donors (Lipinski definition) is 4. The van der Waals surface area contributed by atoms with Crippen LogP contribution < -0.4 is 0 Å². The molecule has 0 spiro atoms. The van der Waals surface area contributed by atoms with Crippen molar-refractivity contribution in [3.8, 4) is 0 Å². The van der Waals surface area contributed by atoms with E-state index in [-0.39, 0.29) is 6.61 Å². The molecule has 1 unspecified atom stereocenters. The minimum Gasteiger partial charge on any atom is -0.464 e. The van der Waals surface area contributed by atoms with Gasteiger partial charge in [-0.05, 0) is 6.92 Å². The third kappa shape index (κ3) is 4.60. The largest absolute Gasteiger partial charge is 0.464 e. The van der Waals surface area contributed by atoms with Crippen LogP contribution in [0.1, 0.15) is 6.92 Å². The number of thiol groups is 1. The molecule has 0 heterocycles. The van der Waals surface area contributed by atoms with Crippen molar-refractivity contribution < 1.29 is 24.9 Å². The lowest BCUT2D eigenvalue weighted by molar-refractivity contribution is -0.150. The van der Waals surface area contributed by atoms with Crippen molar-refractivity contribution in [3.63, 3.8) is 0 Å². The zero-order valence-corrected chi connectivity index (χ0v) is 10.1. The second-order valence-electron chi connectivity index (χ2n) is 3.33. The van der Waals surface area contributed by atoms with Gasteiger partial charge in [0, 0.05) is 0 Å². The van der Waals surface area contributed by atoms with Crippen LogP contribution in [-0.2, 0) is 9.53 Å². The molecule has 0 aliphatic rings. The Balaban J connectivity index is 4.16. The van der Waals surface area contributed by atoms with Crippen molar-refractivity contribution in [2.45, 2.75) is 12.2 Å². The number of aliphatic hydroxyl groups excluding tert-OH is 3. The zero-order valence-electron chi connectivity index (χ0n) is 8.42. The highest BCUT2D eigenvalue weighted by Crippen LogP contribution is 2.19. The number of esters is 1. The van der Waals surface area contributed by atoms with Gasteiger partial charge >= 0.3 is 5.97 Å². The first-order chi connectivity index (χ1) is 7.05. The van der Waals surface area contributed by atoms with Crippen LogP contribution in [0.5, 0.6) is 0 Å². The Morgan fingerprint density at radius 1 is 1.40 bits per heavy atom. The summed E-state index contributed by atoms with van der Waals surface area (Å²) < 4.78 is 4.84. The molecule has 0 aromatic rings. The van der Waals surface area contributed by atoms with Crippen LogP contribution in [0.15, 0.2) is 0 Å². The second-order valence-corrected chi connectivity index (χ2v) is 4.88. The number of ether oxygens (including phenoxy) is 1. The summed E-state index contributed by atoms with van der Waals surface area (Å²) in [4.78, 5) is 11.2. The van der Waals surface area contributed by atoms with E-state index < -0.39 is 36.5 Å². The van der Waals surface area contributed by atoms with E-state index >= 15 is 0 Å². The minimum atomic E-state index is -1.17. The Labute approximate surface area is 97.6 Å². The third-order valence-electron chi connectivity index (χ3n) is 2.02. The fourth-order valence-electron chi connectivity index (χ4n) is 0.672. The molecule has 0 radical (unpaired) electrons. The van der Waals surface area contributed by atoms with Gasteiger partial charge in [-0.15, -0.1) is 11.7 Å². The van der Waals surface area contributed by atoms with Crippen LogP contribution in [0.3, 0.4) is 0 Å². The van der Waals surface area contributed by atoms with Crippen LogP contribution >= 0.6 is 22.5 Å². The van der Waals surface area contributed by atoms with Gasteiger partial charge in [-0.3, -0.25) is 4.79 Å². The van der Waals surface area contributed by atoms with E-state index in [0.717, 1.165) is 10.8 Å². The van der Waals surface area contributed by atoms with E-state index in [4.69, 9.17) is 20.1 Å². The standard InChI is InChI=1S/C8H16O5S2/c1-6(15-14)7(12)13-5-8(2-9,3-10)4-11/h6,9-11,14H,2-5H2,1H3. The number of carbonyl (C=O) groups excluding carboxylic acids is 1. The predicted octanol–water partition coefficient (Wildman–Crippen LogP) is -0.541. The van der Waals surface area contributed by atoms with E-state index in [9.17, 15) is 4.79 Å². The number of carbonyl (C=O) groups is 1. The zero-order chi connectivity index (χ0) is 11.9. The monoisotopic (exact) mass is 256 g/mol. The molecule has 1 atom stereocenters. The average molecular weight is 256 g/mol. The van der Waals surface area contributed by atoms with Gasteiger partial charge in [-0.2, -0.15) is 0 Å². The number of aliphatic hydroxyl groups is 3. The first-order valence-electron chi connectivity index (χ1n) is 4.34. The minimum absolute atomic E-state index is 0.214. The van der Waals surface area contributed by atoms with Gasteiger partial charge in [-0.25, -0.2) is 0 Å². The molecule has 15 heavy (non-hydrogen) atoms. The molecule has 0 saturated carbocycles. The quantitative estimate of drug-likeness (QED) is 0.278. The van der Waals surface area contributed by atoms with E-state index in [1.165, 1.54) is 0 Å². The van der Waals surface area contributed by atoms with Crippen LogP contribution in [0.25, 0.3) is 0 Å². The summed E-state index contributed by atoms with van der Waals surface area (Å²) >= 11 is 3.86. The van der Waals surface area contributed by atoms with Crippen molar-refractivity contribution in [1.82, 2.24) is 0 Å². The molecule has 0 aromatic carbocycles. The first kappa shape index (κ1) is 15.0. The van der Waals surface area contributed by atoms with Gasteiger partial charge in [0.1, 0.15) is 11.9 Å². The summed E-state index contributed by atoms with van der Waals surface area (Å²) in [6, 6.07) is 0. The molecule has 0 aliphatic heterocycles. The molecule has 90 valence electrons. The predicted molar refractivity (Wildman–Crippen MR) is 60.7 cm³/mol. The van der Waals surface area contributed by atoms with Crippen molar-refractivity contribution >= 4 is 28.4 Å². The maximum Gasteiger partial charge on any atom is 0.319 e. The molecule has 0 aliphatic carbocycles. The van der Waals surface area contributed by atoms with Gasteiger partial charge in [0.2, 0.25) is 0 Å². The van der Waals surface area contributed by atoms with E-state index in [2.05, 4.69) is 11.7 Å². The van der Waals surface area contributed by atoms with Crippen LogP contribution in [-0.4, -0.2) is 53.0 Å². The smallest absolute Gasteiger partial charge is 0.319 e. The lowest BCUT2D eigenvalue weighted by Gasteiger charge is -2.26. The second kappa shape index (κ2) is 7.34. The van der Waals surface area contributed by atoms with E-state index in [1.54, 1.807) is 6.92 Å². The summed E-state index contributed by atoms with van der Waals surface area (Å²) in [6.07, 6.45) is 0. The Hall–Kier alpha value is 0.0500. The molecule has 0 aromatic heterocycles. The molecule has 0 amide bonds. The highest BCUT2D eigenvalue weighted by molar-refractivity contribution is 8.69. The molecule has 0 rings (SSSR count). The fourth-order valence-corrected chi connectivity index (χ4v) is 1.08. The Bertz CT molecular complexity index is 187. The molecule has 3 N–H and O–H groups in total. The average Bonchev–Trinajstić information content (AvgIpc) is 2.30. The van der Waals surface area contributed by atoms with Crippen LogP contribution in [0, 0.1) is 5.41 Å². The summed E-state index contributed by atoms with van der Waals surface area (Å²) in [5.41, 5.74) is -1.17. The third-order valence-corrected chi connectivity index (χ3v) is 3.47. The molecule has 7 heteroatoms. The highest BCUT2D eigenvalue weighted by atomic mass is 33.1. The van der Waals surface area contributed by atoms with Crippen LogP contribution in [0.2, 0.25) is 0 Å². The van der Waals surface area contributed by atoms with Crippen molar-refractivity contribution in [2.75, 3.05) is 26.4 Å². The molecular formula is C8H16O5S2. The summed E-state index contributed by atoms with van der Waals surface area (Å²) in [6.45, 7) is 0.0631. The first-order valence-corrected chi connectivity index (χ1v) is 6.28. The van der Waals surface area contributed by atoms with Gasteiger partial charge in [-0.1, -0.05) is 10.8 Å². The van der Waals surface area contributed by atoms with Gasteiger partial charge < -0.3 is 20.1 Å². The van der Waals surface area contributed by atoms with E-state index in [1.807, 2.05) is 0 Å². The fraction of sp³-hybridized carbons (Fsp3) is 0.875. The van der Waals surface area contributed by atoms with Gasteiger partial charge in [0.15, 0.2) is 0 Å². The Morgan fingerprint density at radius 3 is 2.20 bits per heavy atom. The van der Waals surface area contributed by atoms with Crippen molar-refractivity contribution in [1.29, 1.82) is 0 Å². The maximum absolute atomic E-state index is 11.2. The Morgan fingerprint density at radius 2 is 1.87 bits per heavy atom.